The highest BCUT2D eigenvalue weighted by molar-refractivity contribution is 7.12. The zero-order valence-corrected chi connectivity index (χ0v) is 15.2. The van der Waals surface area contributed by atoms with E-state index in [2.05, 4.69) is 29.5 Å². The lowest BCUT2D eigenvalue weighted by Crippen LogP contribution is -2.09. The molecule has 0 unspecified atom stereocenters. The summed E-state index contributed by atoms with van der Waals surface area (Å²) in [6.07, 6.45) is 4.48. The molecule has 5 nitrogen and oxygen atoms in total. The highest BCUT2D eigenvalue weighted by atomic mass is 32.1. The number of aromatic nitrogens is 2. The molecular weight excluding hydrogens is 334 g/mol. The maximum Gasteiger partial charge on any atom is 0.265 e. The Hall–Kier alpha value is -2.60. The molecule has 0 aliphatic rings. The van der Waals surface area contributed by atoms with Gasteiger partial charge in [-0.15, -0.1) is 11.3 Å². The van der Waals surface area contributed by atoms with Gasteiger partial charge in [-0.25, -0.2) is 0 Å². The summed E-state index contributed by atoms with van der Waals surface area (Å²) in [4.78, 5) is 12.9. The van der Waals surface area contributed by atoms with E-state index in [9.17, 15) is 4.79 Å². The predicted octanol–water partition coefficient (Wildman–Crippen LogP) is 4.36. The van der Waals surface area contributed by atoms with Crippen LogP contribution in [0.3, 0.4) is 0 Å². The maximum absolute atomic E-state index is 12.3. The van der Waals surface area contributed by atoms with Crippen LogP contribution >= 0.6 is 11.3 Å². The Labute approximate surface area is 151 Å². The second-order valence-corrected chi connectivity index (χ2v) is 6.56. The zero-order valence-electron chi connectivity index (χ0n) is 14.4. The van der Waals surface area contributed by atoms with Crippen molar-refractivity contribution in [1.82, 2.24) is 9.78 Å². The first-order valence-electron chi connectivity index (χ1n) is 8.31. The van der Waals surface area contributed by atoms with Crippen molar-refractivity contribution in [3.05, 3.63) is 64.1 Å². The van der Waals surface area contributed by atoms with E-state index in [0.29, 0.717) is 17.2 Å². The standard InChI is InChI=1S/C19H21N3O2S/c1-3-14-5-7-17(8-6-14)24-12-15-9-18(25-13-15)19(23)21-16-10-20-22(4-2)11-16/h5-11,13H,3-4,12H2,1-2H3,(H,21,23). The quantitative estimate of drug-likeness (QED) is 0.685. The molecule has 0 atom stereocenters. The number of thiophene rings is 1. The van der Waals surface area contributed by atoms with Crippen LogP contribution in [0.1, 0.15) is 34.6 Å². The van der Waals surface area contributed by atoms with E-state index in [1.807, 2.05) is 36.7 Å². The minimum absolute atomic E-state index is 0.126. The summed E-state index contributed by atoms with van der Waals surface area (Å²) in [5, 5.41) is 8.96. The molecule has 130 valence electrons. The molecule has 0 radical (unpaired) electrons. The zero-order chi connectivity index (χ0) is 17.6. The average molecular weight is 355 g/mol. The number of nitrogens with zero attached hydrogens (tertiary/aromatic N) is 2. The second-order valence-electron chi connectivity index (χ2n) is 5.64. The van der Waals surface area contributed by atoms with Crippen molar-refractivity contribution in [1.29, 1.82) is 0 Å². The third-order valence-corrected chi connectivity index (χ3v) is 4.81. The first-order chi connectivity index (χ1) is 12.2. The lowest BCUT2D eigenvalue weighted by atomic mass is 10.2. The molecule has 0 spiro atoms. The molecule has 1 amide bonds. The van der Waals surface area contributed by atoms with Gasteiger partial charge in [0.1, 0.15) is 12.4 Å². The Morgan fingerprint density at radius 3 is 2.72 bits per heavy atom. The van der Waals surface area contributed by atoms with E-state index in [1.54, 1.807) is 10.9 Å². The van der Waals surface area contributed by atoms with Gasteiger partial charge in [0.25, 0.3) is 5.91 Å². The van der Waals surface area contributed by atoms with Crippen LogP contribution in [0.4, 0.5) is 5.69 Å². The molecule has 0 aliphatic heterocycles. The SMILES string of the molecule is CCc1ccc(OCc2csc(C(=O)Nc3cnn(CC)c3)c2)cc1. The summed E-state index contributed by atoms with van der Waals surface area (Å²) in [7, 11) is 0. The van der Waals surface area contributed by atoms with Crippen LogP contribution in [0.5, 0.6) is 5.75 Å². The smallest absolute Gasteiger partial charge is 0.265 e. The molecule has 2 heterocycles. The van der Waals surface area contributed by atoms with Gasteiger partial charge in [0.05, 0.1) is 16.8 Å². The Kier molecular flexibility index (Phi) is 5.50. The van der Waals surface area contributed by atoms with Crippen molar-refractivity contribution in [2.45, 2.75) is 33.4 Å². The Bertz CT molecular complexity index is 836. The number of benzene rings is 1. The summed E-state index contributed by atoms with van der Waals surface area (Å²) in [5.74, 6) is 0.709. The van der Waals surface area contributed by atoms with E-state index in [4.69, 9.17) is 4.74 Å². The number of nitrogens with one attached hydrogen (secondary N) is 1. The average Bonchev–Trinajstić information content (AvgIpc) is 3.29. The monoisotopic (exact) mass is 355 g/mol. The number of anilines is 1. The number of amides is 1. The second kappa shape index (κ2) is 7.98. The molecule has 1 aromatic carbocycles. The normalized spacial score (nSPS) is 10.6. The van der Waals surface area contributed by atoms with Crippen molar-refractivity contribution < 1.29 is 9.53 Å². The van der Waals surface area contributed by atoms with Gasteiger partial charge in [0.2, 0.25) is 0 Å². The highest BCUT2D eigenvalue weighted by Gasteiger charge is 2.11. The number of hydrogen-bond acceptors (Lipinski definition) is 4. The van der Waals surface area contributed by atoms with Gasteiger partial charge >= 0.3 is 0 Å². The van der Waals surface area contributed by atoms with Crippen LogP contribution in [-0.4, -0.2) is 15.7 Å². The minimum atomic E-state index is -0.126. The lowest BCUT2D eigenvalue weighted by Gasteiger charge is -2.05. The molecule has 0 bridgehead atoms. The summed E-state index contributed by atoms with van der Waals surface area (Å²) >= 11 is 1.41. The topological polar surface area (TPSA) is 56.1 Å². The molecular formula is C19H21N3O2S. The van der Waals surface area contributed by atoms with Crippen LogP contribution < -0.4 is 10.1 Å². The van der Waals surface area contributed by atoms with Crippen LogP contribution in [0, 0.1) is 0 Å². The van der Waals surface area contributed by atoms with Crippen molar-refractivity contribution >= 4 is 22.9 Å². The Morgan fingerprint density at radius 1 is 1.24 bits per heavy atom. The molecule has 0 saturated heterocycles. The number of carbonyl (C=O) groups excluding carboxylic acids is 1. The van der Waals surface area contributed by atoms with Gasteiger partial charge in [-0.2, -0.15) is 5.10 Å². The third-order valence-electron chi connectivity index (χ3n) is 3.83. The summed E-state index contributed by atoms with van der Waals surface area (Å²) in [6, 6.07) is 9.95. The third kappa shape index (κ3) is 4.48. The summed E-state index contributed by atoms with van der Waals surface area (Å²) in [5.41, 5.74) is 2.97. The first-order valence-corrected chi connectivity index (χ1v) is 9.19. The molecule has 6 heteroatoms. The first kappa shape index (κ1) is 17.2. The van der Waals surface area contributed by atoms with Crippen LogP contribution in [-0.2, 0) is 19.6 Å². The van der Waals surface area contributed by atoms with E-state index in [-0.39, 0.29) is 5.91 Å². The summed E-state index contributed by atoms with van der Waals surface area (Å²) in [6.45, 7) is 5.35. The maximum atomic E-state index is 12.3. The van der Waals surface area contributed by atoms with Gasteiger partial charge in [0.15, 0.2) is 0 Å². The van der Waals surface area contributed by atoms with Crippen molar-refractivity contribution in [3.8, 4) is 5.75 Å². The fourth-order valence-corrected chi connectivity index (χ4v) is 3.14. The van der Waals surface area contributed by atoms with Gasteiger partial charge in [-0.3, -0.25) is 9.48 Å². The lowest BCUT2D eigenvalue weighted by molar-refractivity contribution is 0.103. The fourth-order valence-electron chi connectivity index (χ4n) is 2.35. The van der Waals surface area contributed by atoms with E-state index < -0.39 is 0 Å². The van der Waals surface area contributed by atoms with Gasteiger partial charge < -0.3 is 10.1 Å². The molecule has 3 rings (SSSR count). The van der Waals surface area contributed by atoms with Crippen molar-refractivity contribution in [3.63, 3.8) is 0 Å². The van der Waals surface area contributed by atoms with Gasteiger partial charge in [0, 0.05) is 18.3 Å². The highest BCUT2D eigenvalue weighted by Crippen LogP contribution is 2.20. The largest absolute Gasteiger partial charge is 0.489 e. The van der Waals surface area contributed by atoms with E-state index in [1.165, 1.54) is 16.9 Å². The van der Waals surface area contributed by atoms with Crippen molar-refractivity contribution in [2.24, 2.45) is 0 Å². The number of carbonyl (C=O) groups is 1. The number of rotatable bonds is 7. The van der Waals surface area contributed by atoms with Gasteiger partial charge in [-0.1, -0.05) is 19.1 Å². The van der Waals surface area contributed by atoms with Crippen LogP contribution in [0.2, 0.25) is 0 Å². The molecule has 3 aromatic rings. The van der Waals surface area contributed by atoms with E-state index in [0.717, 1.165) is 24.3 Å². The molecule has 0 saturated carbocycles. The van der Waals surface area contributed by atoms with Crippen LogP contribution in [0.25, 0.3) is 0 Å². The van der Waals surface area contributed by atoms with E-state index >= 15 is 0 Å². The molecule has 0 aliphatic carbocycles. The molecule has 1 N–H and O–H groups in total. The number of ether oxygens (including phenoxy) is 1. The summed E-state index contributed by atoms with van der Waals surface area (Å²) < 4.78 is 7.55. The van der Waals surface area contributed by atoms with Crippen molar-refractivity contribution in [2.75, 3.05) is 5.32 Å². The molecule has 2 aromatic heterocycles. The molecule has 0 fully saturated rings. The predicted molar refractivity (Wildman–Crippen MR) is 100 cm³/mol. The number of aryl methyl sites for hydroxylation is 2. The van der Waals surface area contributed by atoms with Crippen LogP contribution in [0.15, 0.2) is 48.1 Å². The number of hydrogen-bond donors (Lipinski definition) is 1. The Morgan fingerprint density at radius 2 is 2.04 bits per heavy atom. The minimum Gasteiger partial charge on any atom is -0.489 e. The molecule has 25 heavy (non-hydrogen) atoms. The Balaban J connectivity index is 1.56. The van der Waals surface area contributed by atoms with Gasteiger partial charge in [-0.05, 0) is 42.5 Å². The fraction of sp³-hybridized carbons (Fsp3) is 0.263.